The van der Waals surface area contributed by atoms with Crippen molar-refractivity contribution in [2.24, 2.45) is 0 Å². The van der Waals surface area contributed by atoms with E-state index in [0.717, 1.165) is 21.3 Å². The van der Waals surface area contributed by atoms with Gasteiger partial charge in [0, 0.05) is 0 Å². The van der Waals surface area contributed by atoms with Crippen LogP contribution in [0.2, 0.25) is 0 Å². The van der Waals surface area contributed by atoms with Crippen molar-refractivity contribution in [1.29, 1.82) is 0 Å². The van der Waals surface area contributed by atoms with Gasteiger partial charge in [-0.05, 0) is 62.9 Å². The monoisotopic (exact) mass is 312 g/mol. The summed E-state index contributed by atoms with van der Waals surface area (Å²) in [5, 5.41) is 14.1. The highest BCUT2D eigenvalue weighted by atomic mass is 79.9. The molecule has 0 saturated heterocycles. The summed E-state index contributed by atoms with van der Waals surface area (Å²) in [5.74, 6) is 0.800. The van der Waals surface area contributed by atoms with E-state index in [1.165, 1.54) is 0 Å². The van der Waals surface area contributed by atoms with Crippen molar-refractivity contribution < 1.29 is 9.84 Å². The van der Waals surface area contributed by atoms with Crippen molar-refractivity contribution in [1.82, 2.24) is 0 Å². The number of aliphatic hydroxyl groups excluding tert-OH is 1. The van der Waals surface area contributed by atoms with Gasteiger partial charge in [-0.3, -0.25) is 0 Å². The molecule has 1 unspecified atom stereocenters. The van der Waals surface area contributed by atoms with Crippen molar-refractivity contribution in [2.75, 3.05) is 6.61 Å². The van der Waals surface area contributed by atoms with E-state index in [1.807, 2.05) is 41.9 Å². The molecule has 2 nitrogen and oxygen atoms in total. The minimum atomic E-state index is -0.576. The van der Waals surface area contributed by atoms with Crippen LogP contribution in [-0.4, -0.2) is 11.7 Å². The van der Waals surface area contributed by atoms with Crippen molar-refractivity contribution in [3.8, 4) is 5.75 Å². The smallest absolute Gasteiger partial charge is 0.133 e. The van der Waals surface area contributed by atoms with Gasteiger partial charge >= 0.3 is 0 Å². The van der Waals surface area contributed by atoms with Crippen LogP contribution in [0, 0.1) is 0 Å². The molecule has 90 valence electrons. The van der Waals surface area contributed by atoms with E-state index in [9.17, 15) is 5.11 Å². The fourth-order valence-electron chi connectivity index (χ4n) is 1.58. The topological polar surface area (TPSA) is 29.5 Å². The Kier molecular flexibility index (Phi) is 4.20. The Morgan fingerprint density at radius 3 is 2.76 bits per heavy atom. The molecule has 1 aromatic carbocycles. The minimum Gasteiger partial charge on any atom is -0.493 e. The second-order valence-electron chi connectivity index (χ2n) is 3.58. The fraction of sp³-hybridized carbons (Fsp3) is 0.231. The van der Waals surface area contributed by atoms with Crippen molar-refractivity contribution in [2.45, 2.75) is 13.0 Å². The van der Waals surface area contributed by atoms with Crippen LogP contribution in [0.1, 0.15) is 24.2 Å². The standard InChI is InChI=1S/C13H13BrO2S/c1-2-16-12-4-3-9(7-11(12)14)13(15)10-5-6-17-8-10/h3-8,13,15H,2H2,1H3. The largest absolute Gasteiger partial charge is 0.493 e. The third-order valence-corrected chi connectivity index (χ3v) is 3.75. The number of benzene rings is 1. The van der Waals surface area contributed by atoms with Crippen LogP contribution >= 0.6 is 27.3 Å². The molecule has 0 spiro atoms. The van der Waals surface area contributed by atoms with E-state index < -0.39 is 6.10 Å². The molecule has 0 aliphatic heterocycles. The number of halogens is 1. The summed E-state index contributed by atoms with van der Waals surface area (Å²) in [7, 11) is 0. The predicted molar refractivity (Wildman–Crippen MR) is 73.7 cm³/mol. The van der Waals surface area contributed by atoms with Crippen molar-refractivity contribution in [3.05, 3.63) is 50.6 Å². The number of aliphatic hydroxyl groups is 1. The molecule has 1 aromatic heterocycles. The predicted octanol–water partition coefficient (Wildman–Crippen LogP) is 3.99. The van der Waals surface area contributed by atoms with Crippen LogP contribution in [0.5, 0.6) is 5.75 Å². The summed E-state index contributed by atoms with van der Waals surface area (Å²) in [6, 6.07) is 7.59. The molecule has 0 fully saturated rings. The van der Waals surface area contributed by atoms with Crippen LogP contribution in [0.15, 0.2) is 39.5 Å². The van der Waals surface area contributed by atoms with E-state index in [1.54, 1.807) is 11.3 Å². The third-order valence-electron chi connectivity index (χ3n) is 2.43. The van der Waals surface area contributed by atoms with Gasteiger partial charge in [0.05, 0.1) is 11.1 Å². The van der Waals surface area contributed by atoms with E-state index >= 15 is 0 Å². The van der Waals surface area contributed by atoms with Gasteiger partial charge in [0.1, 0.15) is 11.9 Å². The average molecular weight is 313 g/mol. The highest BCUT2D eigenvalue weighted by molar-refractivity contribution is 9.10. The summed E-state index contributed by atoms with van der Waals surface area (Å²) < 4.78 is 6.30. The van der Waals surface area contributed by atoms with Gasteiger partial charge in [0.15, 0.2) is 0 Å². The third kappa shape index (κ3) is 2.89. The SMILES string of the molecule is CCOc1ccc(C(O)c2ccsc2)cc1Br. The first-order valence-corrected chi connectivity index (χ1v) is 7.08. The van der Waals surface area contributed by atoms with Gasteiger partial charge in [0.2, 0.25) is 0 Å². The van der Waals surface area contributed by atoms with E-state index in [-0.39, 0.29) is 0 Å². The summed E-state index contributed by atoms with van der Waals surface area (Å²) in [6.45, 7) is 2.57. The molecule has 0 amide bonds. The second-order valence-corrected chi connectivity index (χ2v) is 5.22. The van der Waals surface area contributed by atoms with E-state index in [2.05, 4.69) is 15.9 Å². The molecule has 0 aliphatic rings. The Morgan fingerprint density at radius 2 is 2.18 bits per heavy atom. The second kappa shape index (κ2) is 5.67. The Balaban J connectivity index is 2.25. The normalized spacial score (nSPS) is 12.4. The number of ether oxygens (including phenoxy) is 1. The van der Waals surface area contributed by atoms with Gasteiger partial charge in [-0.15, -0.1) is 0 Å². The summed E-state index contributed by atoms with van der Waals surface area (Å²) in [6.07, 6.45) is -0.576. The Morgan fingerprint density at radius 1 is 1.35 bits per heavy atom. The highest BCUT2D eigenvalue weighted by Crippen LogP contribution is 2.31. The molecule has 0 aliphatic carbocycles. The van der Waals surface area contributed by atoms with Crippen LogP contribution in [-0.2, 0) is 0 Å². The molecule has 0 saturated carbocycles. The van der Waals surface area contributed by atoms with E-state index in [4.69, 9.17) is 4.74 Å². The fourth-order valence-corrected chi connectivity index (χ4v) is 2.77. The molecule has 1 heterocycles. The molecule has 0 radical (unpaired) electrons. The van der Waals surface area contributed by atoms with Gasteiger partial charge in [-0.25, -0.2) is 0 Å². The maximum absolute atomic E-state index is 10.2. The Labute approximate surface area is 113 Å². The van der Waals surface area contributed by atoms with Gasteiger partial charge in [0.25, 0.3) is 0 Å². The first-order valence-electron chi connectivity index (χ1n) is 5.34. The minimum absolute atomic E-state index is 0.576. The summed E-state index contributed by atoms with van der Waals surface area (Å²) in [4.78, 5) is 0. The molecular weight excluding hydrogens is 300 g/mol. The number of thiophene rings is 1. The Hall–Kier alpha value is -0.840. The zero-order chi connectivity index (χ0) is 12.3. The molecule has 0 bridgehead atoms. The molecule has 1 atom stereocenters. The van der Waals surface area contributed by atoms with Crippen molar-refractivity contribution >= 4 is 27.3 Å². The average Bonchev–Trinajstić information content (AvgIpc) is 2.84. The zero-order valence-corrected chi connectivity index (χ0v) is 11.8. The quantitative estimate of drug-likeness (QED) is 0.925. The molecule has 4 heteroatoms. The molecule has 2 aromatic rings. The highest BCUT2D eigenvalue weighted by Gasteiger charge is 2.12. The van der Waals surface area contributed by atoms with Gasteiger partial charge in [-0.1, -0.05) is 6.07 Å². The Bertz CT molecular complexity index is 482. The molecule has 2 rings (SSSR count). The van der Waals surface area contributed by atoms with Crippen LogP contribution < -0.4 is 4.74 Å². The number of hydrogen-bond donors (Lipinski definition) is 1. The first-order chi connectivity index (χ1) is 8.22. The van der Waals surface area contributed by atoms with Crippen LogP contribution in [0.4, 0.5) is 0 Å². The molecule has 1 N–H and O–H groups in total. The van der Waals surface area contributed by atoms with Crippen LogP contribution in [0.3, 0.4) is 0 Å². The molecule has 17 heavy (non-hydrogen) atoms. The lowest BCUT2D eigenvalue weighted by atomic mass is 10.0. The van der Waals surface area contributed by atoms with E-state index in [0.29, 0.717) is 6.61 Å². The van der Waals surface area contributed by atoms with Gasteiger partial charge < -0.3 is 9.84 Å². The number of rotatable bonds is 4. The number of hydrogen-bond acceptors (Lipinski definition) is 3. The van der Waals surface area contributed by atoms with Crippen LogP contribution in [0.25, 0.3) is 0 Å². The first kappa shape index (κ1) is 12.6. The lowest BCUT2D eigenvalue weighted by Crippen LogP contribution is -1.99. The lowest BCUT2D eigenvalue weighted by Gasteiger charge is -2.12. The van der Waals surface area contributed by atoms with Crippen molar-refractivity contribution in [3.63, 3.8) is 0 Å². The summed E-state index contributed by atoms with van der Waals surface area (Å²) >= 11 is 5.03. The van der Waals surface area contributed by atoms with Gasteiger partial charge in [-0.2, -0.15) is 11.3 Å². The molecular formula is C13H13BrO2S. The summed E-state index contributed by atoms with van der Waals surface area (Å²) in [5.41, 5.74) is 1.78. The maximum atomic E-state index is 10.2. The lowest BCUT2D eigenvalue weighted by molar-refractivity contribution is 0.220. The zero-order valence-electron chi connectivity index (χ0n) is 9.39. The maximum Gasteiger partial charge on any atom is 0.133 e.